The number of ether oxygens (including phenoxy) is 1. The van der Waals surface area contributed by atoms with Gasteiger partial charge in [-0.1, -0.05) is 18.2 Å². The second-order valence-corrected chi connectivity index (χ2v) is 9.49. The van der Waals surface area contributed by atoms with Crippen LogP contribution in [0.3, 0.4) is 0 Å². The molecule has 2 saturated heterocycles. The molecule has 1 aromatic carbocycles. The minimum atomic E-state index is -3.52. The molecule has 8 heteroatoms. The van der Waals surface area contributed by atoms with Gasteiger partial charge < -0.3 is 14.5 Å². The number of aromatic nitrogens is 1. The van der Waals surface area contributed by atoms with Crippen molar-refractivity contribution in [2.24, 2.45) is 0 Å². The summed E-state index contributed by atoms with van der Waals surface area (Å²) in [5.41, 5.74) is 2.53. The van der Waals surface area contributed by atoms with Gasteiger partial charge in [0.1, 0.15) is 10.7 Å². The number of rotatable bonds is 6. The Bertz CT molecular complexity index is 921. The number of sulfonamides is 1. The van der Waals surface area contributed by atoms with Crippen LogP contribution in [0.4, 0.5) is 11.5 Å². The maximum atomic E-state index is 12.8. The molecule has 3 heterocycles. The zero-order valence-corrected chi connectivity index (χ0v) is 17.6. The maximum Gasteiger partial charge on any atom is 0.244 e. The second kappa shape index (κ2) is 8.69. The van der Waals surface area contributed by atoms with Gasteiger partial charge in [0.25, 0.3) is 0 Å². The molecule has 2 aliphatic rings. The Labute approximate surface area is 172 Å². The number of anilines is 2. The molecule has 0 radical (unpaired) electrons. The third kappa shape index (κ3) is 4.39. The molecule has 0 aliphatic carbocycles. The molecule has 0 amide bonds. The molecule has 0 spiro atoms. The average Bonchev–Trinajstić information content (AvgIpc) is 3.29. The summed E-state index contributed by atoms with van der Waals surface area (Å²) in [4.78, 5) is 9.16. The van der Waals surface area contributed by atoms with Gasteiger partial charge in [-0.15, -0.1) is 0 Å². The smallest absolute Gasteiger partial charge is 0.244 e. The van der Waals surface area contributed by atoms with E-state index in [0.717, 1.165) is 25.5 Å². The third-order valence-corrected chi connectivity index (χ3v) is 7.45. The highest BCUT2D eigenvalue weighted by atomic mass is 32.2. The summed E-state index contributed by atoms with van der Waals surface area (Å²) < 4.78 is 32.2. The lowest BCUT2D eigenvalue weighted by Crippen LogP contribution is -2.40. The summed E-state index contributed by atoms with van der Waals surface area (Å²) in [6, 6.07) is 11.9. The van der Waals surface area contributed by atoms with Gasteiger partial charge in [0.2, 0.25) is 10.0 Å². The topological polar surface area (TPSA) is 66.0 Å². The van der Waals surface area contributed by atoms with Gasteiger partial charge in [-0.2, -0.15) is 4.31 Å². The molecule has 156 valence electrons. The second-order valence-electron chi connectivity index (χ2n) is 7.55. The lowest BCUT2D eigenvalue weighted by molar-refractivity contribution is 0.0730. The summed E-state index contributed by atoms with van der Waals surface area (Å²) in [5.74, 6) is 0.752. The molecule has 2 aliphatic heterocycles. The first-order valence-electron chi connectivity index (χ1n) is 10.1. The predicted molar refractivity (Wildman–Crippen MR) is 114 cm³/mol. The quantitative estimate of drug-likeness (QED) is 0.720. The van der Waals surface area contributed by atoms with E-state index in [1.807, 2.05) is 7.05 Å². The standard InChI is InChI=1S/C21H28N4O3S/c1-23(17-18-6-2-3-7-20(18)24-10-4-5-11-24)21-9-8-19(16-22-21)29(26,27)25-12-14-28-15-13-25/h2-3,6-9,16H,4-5,10-15,17H2,1H3. The maximum absolute atomic E-state index is 12.8. The van der Waals surface area contributed by atoms with Crippen LogP contribution < -0.4 is 9.80 Å². The van der Waals surface area contributed by atoms with Crippen LogP contribution in [0.2, 0.25) is 0 Å². The first kappa shape index (κ1) is 20.1. The van der Waals surface area contributed by atoms with E-state index in [2.05, 4.69) is 39.0 Å². The number of nitrogens with zero attached hydrogens (tertiary/aromatic N) is 4. The number of benzene rings is 1. The first-order chi connectivity index (χ1) is 14.1. The van der Waals surface area contributed by atoms with Gasteiger partial charge in [-0.25, -0.2) is 13.4 Å². The number of hydrogen-bond acceptors (Lipinski definition) is 6. The van der Waals surface area contributed by atoms with E-state index in [4.69, 9.17) is 4.74 Å². The fourth-order valence-corrected chi connectivity index (χ4v) is 5.29. The average molecular weight is 417 g/mol. The molecule has 29 heavy (non-hydrogen) atoms. The Morgan fingerprint density at radius 1 is 1.03 bits per heavy atom. The molecule has 0 bridgehead atoms. The third-order valence-electron chi connectivity index (χ3n) is 5.57. The van der Waals surface area contributed by atoms with E-state index < -0.39 is 10.0 Å². The van der Waals surface area contributed by atoms with Crippen molar-refractivity contribution < 1.29 is 13.2 Å². The van der Waals surface area contributed by atoms with Crippen molar-refractivity contribution in [3.63, 3.8) is 0 Å². The van der Waals surface area contributed by atoms with Crippen molar-refractivity contribution >= 4 is 21.5 Å². The Hall–Kier alpha value is -2.16. The van der Waals surface area contributed by atoms with E-state index in [9.17, 15) is 8.42 Å². The van der Waals surface area contributed by atoms with Gasteiger partial charge in [-0.05, 0) is 36.6 Å². The monoisotopic (exact) mass is 416 g/mol. The van der Waals surface area contributed by atoms with Crippen molar-refractivity contribution in [1.29, 1.82) is 0 Å². The van der Waals surface area contributed by atoms with Crippen molar-refractivity contribution in [2.75, 3.05) is 56.2 Å². The summed E-state index contributed by atoms with van der Waals surface area (Å²) in [6.45, 7) is 4.57. The molecular weight excluding hydrogens is 388 g/mol. The van der Waals surface area contributed by atoms with Crippen molar-refractivity contribution in [3.05, 3.63) is 48.2 Å². The molecular formula is C21H28N4O3S. The zero-order chi connectivity index (χ0) is 20.3. The Morgan fingerprint density at radius 3 is 2.45 bits per heavy atom. The fraction of sp³-hybridized carbons (Fsp3) is 0.476. The van der Waals surface area contributed by atoms with Crippen LogP contribution >= 0.6 is 0 Å². The van der Waals surface area contributed by atoms with Crippen molar-refractivity contribution in [2.45, 2.75) is 24.3 Å². The van der Waals surface area contributed by atoms with E-state index in [0.29, 0.717) is 26.3 Å². The minimum Gasteiger partial charge on any atom is -0.379 e. The minimum absolute atomic E-state index is 0.231. The Morgan fingerprint density at radius 2 is 1.76 bits per heavy atom. The van der Waals surface area contributed by atoms with Crippen LogP contribution in [0, 0.1) is 0 Å². The van der Waals surface area contributed by atoms with Crippen molar-refractivity contribution in [3.8, 4) is 0 Å². The molecule has 0 atom stereocenters. The predicted octanol–water partition coefficient (Wildman–Crippen LogP) is 2.34. The number of pyridine rings is 1. The summed E-state index contributed by atoms with van der Waals surface area (Å²) in [6.07, 6.45) is 3.94. The van der Waals surface area contributed by atoms with Crippen molar-refractivity contribution in [1.82, 2.24) is 9.29 Å². The molecule has 4 rings (SSSR count). The highest BCUT2D eigenvalue weighted by Gasteiger charge is 2.26. The molecule has 2 fully saturated rings. The lowest BCUT2D eigenvalue weighted by Gasteiger charge is -2.26. The summed E-state index contributed by atoms with van der Waals surface area (Å²) in [7, 11) is -1.53. The number of morpholine rings is 1. The van der Waals surface area contributed by atoms with Gasteiger partial charge in [0.15, 0.2) is 0 Å². The highest BCUT2D eigenvalue weighted by Crippen LogP contribution is 2.27. The molecule has 0 N–H and O–H groups in total. The largest absolute Gasteiger partial charge is 0.379 e. The van der Waals surface area contributed by atoms with Crippen LogP contribution in [-0.4, -0.2) is 64.1 Å². The van der Waals surface area contributed by atoms with E-state index >= 15 is 0 Å². The molecule has 7 nitrogen and oxygen atoms in total. The molecule has 0 unspecified atom stereocenters. The fourth-order valence-electron chi connectivity index (χ4n) is 3.93. The summed E-state index contributed by atoms with van der Waals surface area (Å²) in [5, 5.41) is 0. The highest BCUT2D eigenvalue weighted by molar-refractivity contribution is 7.89. The molecule has 1 aromatic heterocycles. The van der Waals surface area contributed by atoms with Gasteiger partial charge >= 0.3 is 0 Å². The normalized spacial score (nSPS) is 18.2. The molecule has 0 saturated carbocycles. The zero-order valence-electron chi connectivity index (χ0n) is 16.8. The van der Waals surface area contributed by atoms with Crippen LogP contribution in [0.5, 0.6) is 0 Å². The number of para-hydroxylation sites is 1. The van der Waals surface area contributed by atoms with Gasteiger partial charge in [0, 0.05) is 51.7 Å². The van der Waals surface area contributed by atoms with E-state index in [1.54, 1.807) is 12.1 Å². The van der Waals surface area contributed by atoms with E-state index in [1.165, 1.54) is 34.6 Å². The van der Waals surface area contributed by atoms with E-state index in [-0.39, 0.29) is 4.90 Å². The van der Waals surface area contributed by atoms with Gasteiger partial charge in [0.05, 0.1) is 13.2 Å². The number of hydrogen-bond donors (Lipinski definition) is 0. The molecule has 2 aromatic rings. The Kier molecular flexibility index (Phi) is 6.03. The van der Waals surface area contributed by atoms with Gasteiger partial charge in [-0.3, -0.25) is 0 Å². The first-order valence-corrected chi connectivity index (χ1v) is 11.6. The van der Waals surface area contributed by atoms with Crippen LogP contribution in [0.15, 0.2) is 47.5 Å². The Balaban J connectivity index is 1.48. The lowest BCUT2D eigenvalue weighted by atomic mass is 10.1. The SMILES string of the molecule is CN(Cc1ccccc1N1CCCC1)c1ccc(S(=O)(=O)N2CCOCC2)cn1. The van der Waals surface area contributed by atoms with Crippen LogP contribution in [0.1, 0.15) is 18.4 Å². The van der Waals surface area contributed by atoms with Crippen LogP contribution in [-0.2, 0) is 21.3 Å². The van der Waals surface area contributed by atoms with Crippen LogP contribution in [0.25, 0.3) is 0 Å². The summed E-state index contributed by atoms with van der Waals surface area (Å²) >= 11 is 0.